The molecular weight excluding hydrogens is 291 g/mol. The van der Waals surface area contributed by atoms with E-state index in [1.807, 2.05) is 6.07 Å². The van der Waals surface area contributed by atoms with Gasteiger partial charge in [0.2, 0.25) is 10.0 Å². The van der Waals surface area contributed by atoms with E-state index in [1.165, 1.54) is 12.3 Å². The quantitative estimate of drug-likeness (QED) is 0.903. The summed E-state index contributed by atoms with van der Waals surface area (Å²) in [5.41, 5.74) is 1.73. The average Bonchev–Trinajstić information content (AvgIpc) is 2.42. The Morgan fingerprint density at radius 1 is 1.33 bits per heavy atom. The maximum absolute atomic E-state index is 13.2. The summed E-state index contributed by atoms with van der Waals surface area (Å²) in [4.78, 5) is 0. The molecule has 1 aliphatic rings. The van der Waals surface area contributed by atoms with Crippen LogP contribution in [0.2, 0.25) is 0 Å². The normalized spacial score (nSPS) is 18.0. The molecule has 118 valence electrons. The maximum atomic E-state index is 13.2. The van der Waals surface area contributed by atoms with Gasteiger partial charge in [0.25, 0.3) is 0 Å². The predicted molar refractivity (Wildman–Crippen MR) is 82.0 cm³/mol. The summed E-state index contributed by atoms with van der Waals surface area (Å²) in [5, 5.41) is 3.38. The van der Waals surface area contributed by atoms with E-state index in [1.54, 1.807) is 17.3 Å². The summed E-state index contributed by atoms with van der Waals surface area (Å²) < 4.78 is 37.6. The van der Waals surface area contributed by atoms with Crippen LogP contribution in [-0.4, -0.2) is 38.6 Å². The Bertz CT molecular complexity index is 581. The molecular formula is C15H23FN2O2S. The molecule has 2 rings (SSSR count). The van der Waals surface area contributed by atoms with Crippen molar-refractivity contribution in [1.29, 1.82) is 0 Å². The number of aryl methyl sites for hydroxylation is 1. The molecule has 0 aromatic heterocycles. The summed E-state index contributed by atoms with van der Waals surface area (Å²) in [7, 11) is -3.04. The fraction of sp³-hybridized carbons (Fsp3) is 0.600. The lowest BCUT2D eigenvalue weighted by Gasteiger charge is -2.30. The van der Waals surface area contributed by atoms with E-state index in [2.05, 4.69) is 5.32 Å². The summed E-state index contributed by atoms with van der Waals surface area (Å²) in [6.07, 6.45) is 3.05. The number of hydrogen-bond acceptors (Lipinski definition) is 3. The van der Waals surface area contributed by atoms with Crippen molar-refractivity contribution in [3.05, 3.63) is 35.1 Å². The molecule has 1 saturated heterocycles. The zero-order valence-electron chi connectivity index (χ0n) is 12.6. The molecule has 1 fully saturated rings. The molecule has 6 heteroatoms. The molecule has 0 radical (unpaired) electrons. The summed E-state index contributed by atoms with van der Waals surface area (Å²) in [6.45, 7) is 4.57. The standard InChI is InChI=1S/C15H23FN2O2S/c1-12-9-14(3-4-15(12)16)11-17-10-13-5-7-18(8-6-13)21(2,19)20/h3-4,9,13,17H,5-8,10-11H2,1-2H3. The Hall–Kier alpha value is -0.980. The van der Waals surface area contributed by atoms with Crippen molar-refractivity contribution < 1.29 is 12.8 Å². The molecule has 1 aliphatic heterocycles. The molecule has 0 spiro atoms. The summed E-state index contributed by atoms with van der Waals surface area (Å²) in [6, 6.07) is 5.15. The molecule has 0 aliphatic carbocycles. The molecule has 1 aromatic carbocycles. The SMILES string of the molecule is Cc1cc(CNCC2CCN(S(C)(=O)=O)CC2)ccc1F. The fourth-order valence-electron chi connectivity index (χ4n) is 2.68. The van der Waals surface area contributed by atoms with Crippen LogP contribution in [0.25, 0.3) is 0 Å². The van der Waals surface area contributed by atoms with E-state index >= 15 is 0 Å². The Morgan fingerprint density at radius 2 is 2.00 bits per heavy atom. The lowest BCUT2D eigenvalue weighted by atomic mass is 9.98. The van der Waals surface area contributed by atoms with Crippen molar-refractivity contribution in [2.24, 2.45) is 5.92 Å². The topological polar surface area (TPSA) is 49.4 Å². The molecule has 1 aromatic rings. The third kappa shape index (κ3) is 4.76. The van der Waals surface area contributed by atoms with E-state index in [0.717, 1.165) is 24.9 Å². The van der Waals surface area contributed by atoms with Gasteiger partial charge in [-0.05, 0) is 49.4 Å². The molecule has 0 bridgehead atoms. The van der Waals surface area contributed by atoms with Gasteiger partial charge in [-0.1, -0.05) is 12.1 Å². The number of sulfonamides is 1. The zero-order valence-corrected chi connectivity index (χ0v) is 13.4. The second-order valence-electron chi connectivity index (χ2n) is 5.82. The van der Waals surface area contributed by atoms with Crippen LogP contribution >= 0.6 is 0 Å². The third-order valence-electron chi connectivity index (χ3n) is 4.03. The number of nitrogens with one attached hydrogen (secondary N) is 1. The second kappa shape index (κ2) is 6.85. The largest absolute Gasteiger partial charge is 0.312 e. The van der Waals surface area contributed by atoms with Crippen LogP contribution < -0.4 is 5.32 Å². The van der Waals surface area contributed by atoms with Crippen molar-refractivity contribution in [3.63, 3.8) is 0 Å². The van der Waals surface area contributed by atoms with Gasteiger partial charge in [-0.3, -0.25) is 0 Å². The minimum absolute atomic E-state index is 0.174. The monoisotopic (exact) mass is 314 g/mol. The van der Waals surface area contributed by atoms with Crippen LogP contribution in [0.3, 0.4) is 0 Å². The van der Waals surface area contributed by atoms with E-state index in [0.29, 0.717) is 31.1 Å². The molecule has 0 amide bonds. The highest BCUT2D eigenvalue weighted by molar-refractivity contribution is 7.88. The van der Waals surface area contributed by atoms with Crippen LogP contribution in [0.15, 0.2) is 18.2 Å². The van der Waals surface area contributed by atoms with Crippen molar-refractivity contribution in [3.8, 4) is 0 Å². The minimum atomic E-state index is -3.04. The molecule has 0 saturated carbocycles. The van der Waals surface area contributed by atoms with Gasteiger partial charge in [0.1, 0.15) is 5.82 Å². The van der Waals surface area contributed by atoms with Gasteiger partial charge in [0.05, 0.1) is 6.26 Å². The first-order valence-corrected chi connectivity index (χ1v) is 9.12. The minimum Gasteiger partial charge on any atom is -0.312 e. The van der Waals surface area contributed by atoms with E-state index < -0.39 is 10.0 Å². The Morgan fingerprint density at radius 3 is 2.57 bits per heavy atom. The molecule has 1 N–H and O–H groups in total. The van der Waals surface area contributed by atoms with Crippen LogP contribution in [0.4, 0.5) is 4.39 Å². The number of halogens is 1. The van der Waals surface area contributed by atoms with Gasteiger partial charge in [-0.25, -0.2) is 17.1 Å². The van der Waals surface area contributed by atoms with Crippen molar-refractivity contribution >= 4 is 10.0 Å². The predicted octanol–water partition coefficient (Wildman–Crippen LogP) is 1.90. The highest BCUT2D eigenvalue weighted by atomic mass is 32.2. The molecule has 4 nitrogen and oxygen atoms in total. The van der Waals surface area contributed by atoms with Gasteiger partial charge in [-0.2, -0.15) is 0 Å². The zero-order chi connectivity index (χ0) is 15.5. The Kier molecular flexibility index (Phi) is 5.35. The van der Waals surface area contributed by atoms with E-state index in [9.17, 15) is 12.8 Å². The van der Waals surface area contributed by atoms with Gasteiger partial charge in [0, 0.05) is 19.6 Å². The number of hydrogen-bond donors (Lipinski definition) is 1. The second-order valence-corrected chi connectivity index (χ2v) is 7.80. The van der Waals surface area contributed by atoms with Crippen molar-refractivity contribution in [2.75, 3.05) is 25.9 Å². The van der Waals surface area contributed by atoms with Crippen LogP contribution in [0, 0.1) is 18.7 Å². The fourth-order valence-corrected chi connectivity index (χ4v) is 3.56. The van der Waals surface area contributed by atoms with Crippen molar-refractivity contribution in [1.82, 2.24) is 9.62 Å². The van der Waals surface area contributed by atoms with Gasteiger partial charge in [0.15, 0.2) is 0 Å². The first-order chi connectivity index (χ1) is 9.86. The lowest BCUT2D eigenvalue weighted by molar-refractivity contribution is 0.268. The summed E-state index contributed by atoms with van der Waals surface area (Å²) >= 11 is 0. The Labute approximate surface area is 126 Å². The van der Waals surface area contributed by atoms with E-state index in [-0.39, 0.29) is 5.82 Å². The number of piperidine rings is 1. The molecule has 0 atom stereocenters. The van der Waals surface area contributed by atoms with Gasteiger partial charge in [-0.15, -0.1) is 0 Å². The van der Waals surface area contributed by atoms with Gasteiger partial charge < -0.3 is 5.32 Å². The van der Waals surface area contributed by atoms with E-state index in [4.69, 9.17) is 0 Å². The molecule has 21 heavy (non-hydrogen) atoms. The maximum Gasteiger partial charge on any atom is 0.211 e. The summed E-state index contributed by atoms with van der Waals surface area (Å²) in [5.74, 6) is 0.330. The highest BCUT2D eigenvalue weighted by Gasteiger charge is 2.24. The highest BCUT2D eigenvalue weighted by Crippen LogP contribution is 2.18. The molecule has 0 unspecified atom stereocenters. The first-order valence-electron chi connectivity index (χ1n) is 7.27. The van der Waals surface area contributed by atoms with Crippen molar-refractivity contribution in [2.45, 2.75) is 26.3 Å². The average molecular weight is 314 g/mol. The smallest absolute Gasteiger partial charge is 0.211 e. The number of benzene rings is 1. The number of rotatable bonds is 5. The van der Waals surface area contributed by atoms with Crippen LogP contribution in [0.1, 0.15) is 24.0 Å². The lowest BCUT2D eigenvalue weighted by Crippen LogP contribution is -2.40. The molecule has 1 heterocycles. The number of nitrogens with zero attached hydrogens (tertiary/aromatic N) is 1. The first kappa shape index (κ1) is 16.4. The van der Waals surface area contributed by atoms with Gasteiger partial charge >= 0.3 is 0 Å². The van der Waals surface area contributed by atoms with Crippen LogP contribution in [0.5, 0.6) is 0 Å². The van der Waals surface area contributed by atoms with Crippen LogP contribution in [-0.2, 0) is 16.6 Å². The Balaban J connectivity index is 1.74. The third-order valence-corrected chi connectivity index (χ3v) is 5.33.